The number of rotatable bonds is 6. The van der Waals surface area contributed by atoms with Crippen molar-refractivity contribution in [2.45, 2.75) is 6.61 Å². The summed E-state index contributed by atoms with van der Waals surface area (Å²) in [6.07, 6.45) is 3.11. The van der Waals surface area contributed by atoms with E-state index in [-0.39, 0.29) is 5.78 Å². The SMILES string of the molecule is O=C(/C=C/c1ccc(COc2cccc(Br)c2)o1)c1ccc(Cl)s1. The molecular formula is C18H12BrClO3S. The fourth-order valence-electron chi connectivity index (χ4n) is 1.96. The molecule has 0 aliphatic carbocycles. The summed E-state index contributed by atoms with van der Waals surface area (Å²) in [5.74, 6) is 1.93. The van der Waals surface area contributed by atoms with Crippen LogP contribution in [0.5, 0.6) is 5.75 Å². The third-order valence-electron chi connectivity index (χ3n) is 3.07. The fourth-order valence-corrected chi connectivity index (χ4v) is 3.30. The number of carbonyl (C=O) groups excluding carboxylic acids is 1. The summed E-state index contributed by atoms with van der Waals surface area (Å²) >= 11 is 10.5. The van der Waals surface area contributed by atoms with Gasteiger partial charge in [0.15, 0.2) is 5.78 Å². The molecule has 3 nitrogen and oxygen atoms in total. The molecule has 0 aliphatic heterocycles. The lowest BCUT2D eigenvalue weighted by Crippen LogP contribution is -1.93. The van der Waals surface area contributed by atoms with Crippen LogP contribution in [0.15, 0.2) is 63.5 Å². The summed E-state index contributed by atoms with van der Waals surface area (Å²) in [5.41, 5.74) is 0. The Morgan fingerprint density at radius 3 is 2.88 bits per heavy atom. The van der Waals surface area contributed by atoms with Gasteiger partial charge in [0.25, 0.3) is 0 Å². The van der Waals surface area contributed by atoms with E-state index in [0.29, 0.717) is 27.3 Å². The minimum absolute atomic E-state index is 0.102. The Kier molecular flexibility index (Phi) is 5.56. The van der Waals surface area contributed by atoms with Crippen molar-refractivity contribution in [3.63, 3.8) is 0 Å². The topological polar surface area (TPSA) is 39.4 Å². The van der Waals surface area contributed by atoms with E-state index in [0.717, 1.165) is 10.2 Å². The van der Waals surface area contributed by atoms with Crippen LogP contribution in [-0.2, 0) is 6.61 Å². The van der Waals surface area contributed by atoms with Gasteiger partial charge in [-0.1, -0.05) is 33.6 Å². The van der Waals surface area contributed by atoms with Crippen molar-refractivity contribution in [3.8, 4) is 5.75 Å². The van der Waals surface area contributed by atoms with Gasteiger partial charge in [-0.15, -0.1) is 11.3 Å². The molecule has 3 rings (SSSR count). The molecule has 0 amide bonds. The van der Waals surface area contributed by atoms with Gasteiger partial charge in [-0.25, -0.2) is 0 Å². The highest BCUT2D eigenvalue weighted by atomic mass is 79.9. The smallest absolute Gasteiger partial charge is 0.195 e. The number of allylic oxidation sites excluding steroid dienone is 1. The number of hydrogen-bond donors (Lipinski definition) is 0. The molecule has 0 atom stereocenters. The predicted molar refractivity (Wildman–Crippen MR) is 99.9 cm³/mol. The molecule has 0 unspecified atom stereocenters. The number of benzene rings is 1. The molecule has 122 valence electrons. The van der Waals surface area contributed by atoms with Crippen LogP contribution >= 0.6 is 38.9 Å². The second kappa shape index (κ2) is 7.83. The van der Waals surface area contributed by atoms with Crippen molar-refractivity contribution >= 4 is 50.7 Å². The van der Waals surface area contributed by atoms with Gasteiger partial charge in [0.2, 0.25) is 0 Å². The second-order valence-electron chi connectivity index (χ2n) is 4.85. The minimum Gasteiger partial charge on any atom is -0.486 e. The zero-order valence-corrected chi connectivity index (χ0v) is 15.5. The summed E-state index contributed by atoms with van der Waals surface area (Å²) < 4.78 is 12.8. The quantitative estimate of drug-likeness (QED) is 0.348. The number of thiophene rings is 1. The van der Waals surface area contributed by atoms with E-state index in [1.54, 1.807) is 24.3 Å². The third kappa shape index (κ3) is 4.60. The Labute approximate surface area is 156 Å². The molecule has 0 saturated carbocycles. The standard InChI is InChI=1S/C18H12BrClO3S/c19-12-2-1-3-14(10-12)22-11-15-5-4-13(23-15)6-7-16(21)17-8-9-18(20)24-17/h1-10H,11H2/b7-6+. The van der Waals surface area contributed by atoms with Gasteiger partial charge in [0.1, 0.15) is 23.9 Å². The molecule has 24 heavy (non-hydrogen) atoms. The van der Waals surface area contributed by atoms with E-state index in [1.807, 2.05) is 30.3 Å². The molecular weight excluding hydrogens is 412 g/mol. The van der Waals surface area contributed by atoms with Crippen LogP contribution in [0.2, 0.25) is 4.34 Å². The molecule has 0 aliphatic rings. The highest BCUT2D eigenvalue weighted by Crippen LogP contribution is 2.23. The highest BCUT2D eigenvalue weighted by molar-refractivity contribution is 9.10. The normalized spacial score (nSPS) is 11.1. The molecule has 0 radical (unpaired) electrons. The summed E-state index contributed by atoms with van der Waals surface area (Å²) in [5, 5.41) is 0. The Hall–Kier alpha value is -1.82. The maximum absolute atomic E-state index is 12.0. The largest absolute Gasteiger partial charge is 0.486 e. The molecule has 3 aromatic rings. The van der Waals surface area contributed by atoms with Crippen molar-refractivity contribution < 1.29 is 13.9 Å². The number of furan rings is 1. The summed E-state index contributed by atoms with van der Waals surface area (Å²) in [7, 11) is 0. The number of halogens is 2. The summed E-state index contributed by atoms with van der Waals surface area (Å²) in [6, 6.07) is 14.6. The first-order valence-corrected chi connectivity index (χ1v) is 9.04. The first-order chi connectivity index (χ1) is 11.6. The molecule has 0 N–H and O–H groups in total. The monoisotopic (exact) mass is 422 g/mol. The number of ketones is 1. The van der Waals surface area contributed by atoms with E-state index in [1.165, 1.54) is 17.4 Å². The van der Waals surface area contributed by atoms with Gasteiger partial charge in [0, 0.05) is 4.47 Å². The number of hydrogen-bond acceptors (Lipinski definition) is 4. The maximum atomic E-state index is 12.0. The lowest BCUT2D eigenvalue weighted by Gasteiger charge is -2.03. The summed E-state index contributed by atoms with van der Waals surface area (Å²) in [4.78, 5) is 12.6. The molecule has 0 fully saturated rings. The lowest BCUT2D eigenvalue weighted by atomic mass is 10.3. The van der Waals surface area contributed by atoms with E-state index >= 15 is 0 Å². The average molecular weight is 424 g/mol. The van der Waals surface area contributed by atoms with Gasteiger partial charge < -0.3 is 9.15 Å². The molecule has 2 aromatic heterocycles. The number of ether oxygens (including phenoxy) is 1. The van der Waals surface area contributed by atoms with Crippen molar-refractivity contribution in [1.82, 2.24) is 0 Å². The van der Waals surface area contributed by atoms with Crippen molar-refractivity contribution in [2.75, 3.05) is 0 Å². The van der Waals surface area contributed by atoms with Crippen LogP contribution in [0.4, 0.5) is 0 Å². The van der Waals surface area contributed by atoms with Gasteiger partial charge in [0.05, 0.1) is 9.21 Å². The highest BCUT2D eigenvalue weighted by Gasteiger charge is 2.06. The lowest BCUT2D eigenvalue weighted by molar-refractivity contribution is 0.105. The van der Waals surface area contributed by atoms with Crippen LogP contribution in [-0.4, -0.2) is 5.78 Å². The van der Waals surface area contributed by atoms with E-state index in [9.17, 15) is 4.79 Å². The molecule has 1 aromatic carbocycles. The average Bonchev–Trinajstić information content (AvgIpc) is 3.20. The van der Waals surface area contributed by atoms with Gasteiger partial charge >= 0.3 is 0 Å². The van der Waals surface area contributed by atoms with Crippen LogP contribution in [0.25, 0.3) is 6.08 Å². The van der Waals surface area contributed by atoms with E-state index < -0.39 is 0 Å². The van der Waals surface area contributed by atoms with E-state index in [2.05, 4.69) is 15.9 Å². The van der Waals surface area contributed by atoms with Gasteiger partial charge in [-0.2, -0.15) is 0 Å². The van der Waals surface area contributed by atoms with E-state index in [4.69, 9.17) is 20.8 Å². The van der Waals surface area contributed by atoms with Crippen LogP contribution in [0, 0.1) is 0 Å². The Morgan fingerprint density at radius 1 is 1.25 bits per heavy atom. The van der Waals surface area contributed by atoms with Crippen molar-refractivity contribution in [2.24, 2.45) is 0 Å². The summed E-state index contributed by atoms with van der Waals surface area (Å²) in [6.45, 7) is 0.318. The van der Waals surface area contributed by atoms with Crippen molar-refractivity contribution in [3.05, 3.63) is 79.8 Å². The Balaban J connectivity index is 1.59. The first-order valence-electron chi connectivity index (χ1n) is 7.05. The Bertz CT molecular complexity index is 882. The van der Waals surface area contributed by atoms with Crippen molar-refractivity contribution in [1.29, 1.82) is 0 Å². The van der Waals surface area contributed by atoms with Gasteiger partial charge in [-0.05, 0) is 54.6 Å². The molecule has 0 saturated heterocycles. The minimum atomic E-state index is -0.102. The molecule has 0 spiro atoms. The Morgan fingerprint density at radius 2 is 2.12 bits per heavy atom. The van der Waals surface area contributed by atoms with Crippen LogP contribution < -0.4 is 4.74 Å². The zero-order valence-electron chi connectivity index (χ0n) is 12.4. The molecule has 6 heteroatoms. The predicted octanol–water partition coefficient (Wildman–Crippen LogP) is 6.23. The third-order valence-corrected chi connectivity index (χ3v) is 4.81. The molecule has 2 heterocycles. The second-order valence-corrected chi connectivity index (χ2v) is 7.48. The fraction of sp³-hybridized carbons (Fsp3) is 0.0556. The first kappa shape index (κ1) is 17.0. The maximum Gasteiger partial charge on any atom is 0.195 e. The molecule has 0 bridgehead atoms. The van der Waals surface area contributed by atoms with Gasteiger partial charge in [-0.3, -0.25) is 4.79 Å². The number of carbonyl (C=O) groups is 1. The van der Waals surface area contributed by atoms with Crippen LogP contribution in [0.3, 0.4) is 0 Å². The van der Waals surface area contributed by atoms with Crippen LogP contribution in [0.1, 0.15) is 21.2 Å². The zero-order chi connectivity index (χ0) is 16.9.